The van der Waals surface area contributed by atoms with E-state index in [1.165, 1.54) is 5.56 Å². The second-order valence-corrected chi connectivity index (χ2v) is 4.03. The average molecular weight is 226 g/mol. The number of aromatic nitrogens is 1. The van der Waals surface area contributed by atoms with Crippen molar-refractivity contribution in [3.8, 4) is 0 Å². The summed E-state index contributed by atoms with van der Waals surface area (Å²) in [7, 11) is 0. The summed E-state index contributed by atoms with van der Waals surface area (Å²) in [6.07, 6.45) is 1.92. The third-order valence-electron chi connectivity index (χ3n) is 2.59. The van der Waals surface area contributed by atoms with E-state index in [9.17, 15) is 4.79 Å². The molecule has 2 N–H and O–H groups in total. The predicted molar refractivity (Wildman–Crippen MR) is 67.9 cm³/mol. The third kappa shape index (κ3) is 2.69. The highest BCUT2D eigenvalue weighted by Gasteiger charge is 2.11. The molecule has 0 spiro atoms. The number of rotatable bonds is 3. The Labute approximate surface area is 100 Å². The molecule has 3 nitrogen and oxygen atoms in total. The van der Waals surface area contributed by atoms with Gasteiger partial charge in [-0.1, -0.05) is 29.8 Å². The summed E-state index contributed by atoms with van der Waals surface area (Å²) in [5, 5.41) is 0. The van der Waals surface area contributed by atoms with Crippen LogP contribution >= 0.6 is 0 Å². The summed E-state index contributed by atoms with van der Waals surface area (Å²) in [6, 6.07) is 11.3. The first-order valence-electron chi connectivity index (χ1n) is 5.46. The van der Waals surface area contributed by atoms with Crippen LogP contribution in [0.4, 0.5) is 5.69 Å². The molecule has 0 aliphatic heterocycles. The molecule has 1 aromatic heterocycles. The maximum atomic E-state index is 12.0. The van der Waals surface area contributed by atoms with Crippen molar-refractivity contribution in [3.05, 3.63) is 59.4 Å². The van der Waals surface area contributed by atoms with Gasteiger partial charge in [0.25, 0.3) is 0 Å². The smallest absolute Gasteiger partial charge is 0.187 e. The van der Waals surface area contributed by atoms with Gasteiger partial charge in [0, 0.05) is 12.6 Å². The molecule has 17 heavy (non-hydrogen) atoms. The van der Waals surface area contributed by atoms with E-state index in [0.717, 1.165) is 5.56 Å². The Balaban J connectivity index is 2.17. The number of hydrogen-bond acceptors (Lipinski definition) is 3. The molecule has 0 amide bonds. The molecular weight excluding hydrogens is 212 g/mol. The number of nitrogen functional groups attached to an aromatic ring is 1. The van der Waals surface area contributed by atoms with Crippen LogP contribution in [0, 0.1) is 6.92 Å². The van der Waals surface area contributed by atoms with E-state index < -0.39 is 0 Å². The lowest BCUT2D eigenvalue weighted by molar-refractivity contribution is 0.0989. The van der Waals surface area contributed by atoms with Crippen LogP contribution in [-0.4, -0.2) is 10.8 Å². The van der Waals surface area contributed by atoms with Crippen molar-refractivity contribution in [3.63, 3.8) is 0 Å². The normalized spacial score (nSPS) is 10.2. The van der Waals surface area contributed by atoms with Gasteiger partial charge in [-0.3, -0.25) is 9.78 Å². The topological polar surface area (TPSA) is 56.0 Å². The number of carbonyl (C=O) groups excluding carboxylic acids is 1. The molecule has 0 bridgehead atoms. The van der Waals surface area contributed by atoms with Crippen LogP contribution in [-0.2, 0) is 6.42 Å². The molecule has 1 aromatic carbocycles. The fourth-order valence-corrected chi connectivity index (χ4v) is 1.63. The first kappa shape index (κ1) is 11.3. The van der Waals surface area contributed by atoms with Crippen LogP contribution in [0.3, 0.4) is 0 Å². The molecule has 86 valence electrons. The number of aryl methyl sites for hydroxylation is 1. The van der Waals surface area contributed by atoms with Crippen molar-refractivity contribution in [2.45, 2.75) is 13.3 Å². The quantitative estimate of drug-likeness (QED) is 0.817. The Morgan fingerprint density at radius 3 is 2.59 bits per heavy atom. The molecule has 3 heteroatoms. The maximum absolute atomic E-state index is 12.0. The molecule has 0 atom stereocenters. The Hall–Kier alpha value is -2.16. The molecule has 0 aliphatic carbocycles. The molecule has 0 saturated carbocycles. The molecule has 1 heterocycles. The number of ketones is 1. The number of anilines is 1. The zero-order valence-corrected chi connectivity index (χ0v) is 9.68. The van der Waals surface area contributed by atoms with E-state index in [0.29, 0.717) is 17.8 Å². The monoisotopic (exact) mass is 226 g/mol. The van der Waals surface area contributed by atoms with E-state index in [4.69, 9.17) is 5.73 Å². The largest absolute Gasteiger partial charge is 0.397 e. The summed E-state index contributed by atoms with van der Waals surface area (Å²) < 4.78 is 0. The SMILES string of the molecule is Cc1ccc(CC(=O)c2ncccc2N)cc1. The van der Waals surface area contributed by atoms with E-state index in [-0.39, 0.29) is 5.78 Å². The predicted octanol–water partition coefficient (Wildman–Crippen LogP) is 2.40. The molecule has 2 aromatic rings. The second-order valence-electron chi connectivity index (χ2n) is 4.03. The average Bonchev–Trinajstić information content (AvgIpc) is 2.32. The van der Waals surface area contributed by atoms with Crippen molar-refractivity contribution in [2.75, 3.05) is 5.73 Å². The van der Waals surface area contributed by atoms with E-state index in [1.807, 2.05) is 31.2 Å². The summed E-state index contributed by atoms with van der Waals surface area (Å²) >= 11 is 0. The number of Topliss-reactive ketones (excluding diaryl/α,β-unsaturated/α-hetero) is 1. The number of benzene rings is 1. The minimum Gasteiger partial charge on any atom is -0.397 e. The Morgan fingerprint density at radius 2 is 1.94 bits per heavy atom. The number of hydrogen-bond donors (Lipinski definition) is 1. The van der Waals surface area contributed by atoms with Gasteiger partial charge in [-0.15, -0.1) is 0 Å². The Kier molecular flexibility index (Phi) is 3.19. The fourth-order valence-electron chi connectivity index (χ4n) is 1.63. The summed E-state index contributed by atoms with van der Waals surface area (Å²) in [4.78, 5) is 16.0. The summed E-state index contributed by atoms with van der Waals surface area (Å²) in [5.41, 5.74) is 8.66. The summed E-state index contributed by atoms with van der Waals surface area (Å²) in [6.45, 7) is 2.02. The zero-order chi connectivity index (χ0) is 12.3. The van der Waals surface area contributed by atoms with Crippen molar-refractivity contribution < 1.29 is 4.79 Å². The molecule has 0 aliphatic rings. The molecular formula is C14H14N2O. The van der Waals surface area contributed by atoms with Gasteiger partial charge in [-0.05, 0) is 24.6 Å². The van der Waals surface area contributed by atoms with Gasteiger partial charge in [-0.25, -0.2) is 0 Å². The standard InChI is InChI=1S/C14H14N2O/c1-10-4-6-11(7-5-10)9-13(17)14-12(15)3-2-8-16-14/h2-8H,9,15H2,1H3. The van der Waals surface area contributed by atoms with Gasteiger partial charge in [-0.2, -0.15) is 0 Å². The first-order chi connectivity index (χ1) is 8.16. The molecule has 0 fully saturated rings. The molecule has 2 rings (SSSR count). The highest BCUT2D eigenvalue weighted by atomic mass is 16.1. The van der Waals surface area contributed by atoms with E-state index >= 15 is 0 Å². The van der Waals surface area contributed by atoms with Gasteiger partial charge in [0.15, 0.2) is 5.78 Å². The van der Waals surface area contributed by atoms with Crippen LogP contribution < -0.4 is 5.73 Å². The van der Waals surface area contributed by atoms with Crippen LogP contribution in [0.25, 0.3) is 0 Å². The van der Waals surface area contributed by atoms with Gasteiger partial charge in [0.1, 0.15) is 5.69 Å². The van der Waals surface area contributed by atoms with Crippen LogP contribution in [0.15, 0.2) is 42.6 Å². The van der Waals surface area contributed by atoms with Crippen molar-refractivity contribution in [1.82, 2.24) is 4.98 Å². The minimum atomic E-state index is -0.0491. The molecule has 0 radical (unpaired) electrons. The number of nitrogens with zero attached hydrogens (tertiary/aromatic N) is 1. The maximum Gasteiger partial charge on any atom is 0.187 e. The zero-order valence-electron chi connectivity index (χ0n) is 9.68. The molecule has 0 saturated heterocycles. The lowest BCUT2D eigenvalue weighted by Crippen LogP contribution is -2.09. The van der Waals surface area contributed by atoms with Gasteiger partial charge < -0.3 is 5.73 Å². The third-order valence-corrected chi connectivity index (χ3v) is 2.59. The highest BCUT2D eigenvalue weighted by molar-refractivity contribution is 5.99. The van der Waals surface area contributed by atoms with E-state index in [2.05, 4.69) is 4.98 Å². The number of pyridine rings is 1. The van der Waals surface area contributed by atoms with Crippen LogP contribution in [0.1, 0.15) is 21.6 Å². The van der Waals surface area contributed by atoms with Crippen molar-refractivity contribution in [1.29, 1.82) is 0 Å². The minimum absolute atomic E-state index is 0.0491. The van der Waals surface area contributed by atoms with Gasteiger partial charge in [0.05, 0.1) is 5.69 Å². The van der Waals surface area contributed by atoms with Crippen LogP contribution in [0.2, 0.25) is 0 Å². The summed E-state index contributed by atoms with van der Waals surface area (Å²) in [5.74, 6) is -0.0491. The molecule has 0 unspecified atom stereocenters. The van der Waals surface area contributed by atoms with Crippen LogP contribution in [0.5, 0.6) is 0 Å². The van der Waals surface area contributed by atoms with Crippen molar-refractivity contribution >= 4 is 11.5 Å². The lowest BCUT2D eigenvalue weighted by Gasteiger charge is -2.03. The number of carbonyl (C=O) groups is 1. The fraction of sp³-hybridized carbons (Fsp3) is 0.143. The van der Waals surface area contributed by atoms with Gasteiger partial charge in [0.2, 0.25) is 0 Å². The van der Waals surface area contributed by atoms with Gasteiger partial charge >= 0.3 is 0 Å². The van der Waals surface area contributed by atoms with E-state index in [1.54, 1.807) is 18.3 Å². The Morgan fingerprint density at radius 1 is 1.24 bits per heavy atom. The number of nitrogens with two attached hydrogens (primary N) is 1. The Bertz CT molecular complexity index is 532. The lowest BCUT2D eigenvalue weighted by atomic mass is 10.0. The second kappa shape index (κ2) is 4.78. The van der Waals surface area contributed by atoms with Crippen molar-refractivity contribution in [2.24, 2.45) is 0 Å². The first-order valence-corrected chi connectivity index (χ1v) is 5.46. The highest BCUT2D eigenvalue weighted by Crippen LogP contribution is 2.12.